The van der Waals surface area contributed by atoms with E-state index in [-0.39, 0.29) is 5.91 Å². The van der Waals surface area contributed by atoms with Crippen molar-refractivity contribution in [1.29, 1.82) is 0 Å². The van der Waals surface area contributed by atoms with Gasteiger partial charge in [0.05, 0.1) is 6.67 Å². The molecule has 3 rings (SSSR count). The van der Waals surface area contributed by atoms with Gasteiger partial charge in [-0.15, -0.1) is 0 Å². The van der Waals surface area contributed by atoms with Gasteiger partial charge in [-0.1, -0.05) is 30.3 Å². The average molecular weight is 275 g/mol. The van der Waals surface area contributed by atoms with Gasteiger partial charge in [0.15, 0.2) is 6.10 Å². The second-order valence-corrected chi connectivity index (χ2v) is 5.72. The van der Waals surface area contributed by atoms with Gasteiger partial charge in [-0.25, -0.2) is 0 Å². The maximum atomic E-state index is 12.1. The average Bonchev–Trinajstić information content (AvgIpc) is 2.92. The molecule has 1 heterocycles. The molecule has 2 aliphatic rings. The lowest BCUT2D eigenvalue weighted by atomic mass is 10.1. The zero-order chi connectivity index (χ0) is 14.1. The highest BCUT2D eigenvalue weighted by molar-refractivity contribution is 5.81. The van der Waals surface area contributed by atoms with Crippen molar-refractivity contribution in [2.24, 2.45) is 11.8 Å². The summed E-state index contributed by atoms with van der Waals surface area (Å²) in [5, 5.41) is 16.8. The van der Waals surface area contributed by atoms with E-state index in [9.17, 15) is 9.90 Å². The molecule has 1 aromatic carbocycles. The largest absolute Gasteiger partial charge is 0.378 e. The Morgan fingerprint density at radius 2 is 2.05 bits per heavy atom. The first kappa shape index (κ1) is 13.5. The number of nitrogens with one attached hydrogen (secondary N) is 2. The van der Waals surface area contributed by atoms with Crippen LogP contribution in [0.5, 0.6) is 0 Å². The Morgan fingerprint density at radius 3 is 2.70 bits per heavy atom. The molecule has 0 aromatic heterocycles. The second kappa shape index (κ2) is 5.52. The van der Waals surface area contributed by atoms with Gasteiger partial charge in [0.25, 0.3) is 5.91 Å². The van der Waals surface area contributed by atoms with Crippen molar-refractivity contribution in [2.75, 3.05) is 26.8 Å². The maximum absolute atomic E-state index is 12.1. The number of carbonyl (C=O) groups excluding carboxylic acids is 1. The van der Waals surface area contributed by atoms with Gasteiger partial charge >= 0.3 is 0 Å². The summed E-state index contributed by atoms with van der Waals surface area (Å²) in [5.41, 5.74) is 0.636. The molecule has 1 aliphatic carbocycles. The molecule has 1 aromatic rings. The fraction of sp³-hybridized carbons (Fsp3) is 0.533. The van der Waals surface area contributed by atoms with Crippen LogP contribution in [0.3, 0.4) is 0 Å². The van der Waals surface area contributed by atoms with Crippen molar-refractivity contribution in [2.45, 2.75) is 12.1 Å². The van der Waals surface area contributed by atoms with Crippen LogP contribution in [0.2, 0.25) is 0 Å². The maximum Gasteiger partial charge on any atom is 0.256 e. The minimum atomic E-state index is -1.08. The lowest BCUT2D eigenvalue weighted by Crippen LogP contribution is -2.41. The number of hydrogen-bond donors (Lipinski definition) is 3. The first-order chi connectivity index (χ1) is 9.68. The van der Waals surface area contributed by atoms with E-state index in [4.69, 9.17) is 0 Å². The molecule has 4 atom stereocenters. The van der Waals surface area contributed by atoms with Crippen LogP contribution in [0.4, 0.5) is 0 Å². The molecule has 2 unspecified atom stereocenters. The van der Waals surface area contributed by atoms with E-state index in [0.29, 0.717) is 18.3 Å². The quantitative estimate of drug-likeness (QED) is 0.659. The molecule has 2 fully saturated rings. The van der Waals surface area contributed by atoms with Crippen LogP contribution in [0.15, 0.2) is 30.3 Å². The first-order valence-electron chi connectivity index (χ1n) is 7.10. The van der Waals surface area contributed by atoms with Gasteiger partial charge in [0.2, 0.25) is 0 Å². The Balaban J connectivity index is 1.49. The predicted molar refractivity (Wildman–Crippen MR) is 75.8 cm³/mol. The Labute approximate surface area is 119 Å². The summed E-state index contributed by atoms with van der Waals surface area (Å²) < 4.78 is 0. The number of fused-ring (bicyclic) bond motifs is 1. The molecule has 0 bridgehead atoms. The SMILES string of the molecule is CN(CNC1[C@H]2CNC[C@@H]12)C(=O)C(O)c1ccccc1. The molecular weight excluding hydrogens is 254 g/mol. The van der Waals surface area contributed by atoms with Crippen LogP contribution in [0.1, 0.15) is 11.7 Å². The lowest BCUT2D eigenvalue weighted by molar-refractivity contribution is -0.139. The zero-order valence-electron chi connectivity index (χ0n) is 11.6. The summed E-state index contributed by atoms with van der Waals surface area (Å²) in [5.74, 6) is 1.17. The molecule has 1 saturated heterocycles. The number of aliphatic hydroxyl groups excluding tert-OH is 1. The van der Waals surface area contributed by atoms with E-state index >= 15 is 0 Å². The van der Waals surface area contributed by atoms with Crippen molar-refractivity contribution in [3.63, 3.8) is 0 Å². The monoisotopic (exact) mass is 275 g/mol. The van der Waals surface area contributed by atoms with Crippen LogP contribution >= 0.6 is 0 Å². The van der Waals surface area contributed by atoms with E-state index in [0.717, 1.165) is 24.9 Å². The number of hydrogen-bond acceptors (Lipinski definition) is 4. The van der Waals surface area contributed by atoms with Crippen LogP contribution in [0.25, 0.3) is 0 Å². The van der Waals surface area contributed by atoms with Gasteiger partial charge in [0.1, 0.15) is 0 Å². The van der Waals surface area contributed by atoms with Crippen LogP contribution < -0.4 is 10.6 Å². The Bertz CT molecular complexity index is 469. The summed E-state index contributed by atoms with van der Waals surface area (Å²) in [4.78, 5) is 13.7. The smallest absolute Gasteiger partial charge is 0.256 e. The Kier molecular flexibility index (Phi) is 3.74. The molecule has 5 nitrogen and oxygen atoms in total. The highest BCUT2D eigenvalue weighted by atomic mass is 16.3. The molecule has 0 spiro atoms. The standard InChI is InChI=1S/C15H21N3O2/c1-18(9-17-13-11-7-16-8-12(11)13)15(20)14(19)10-5-3-2-4-6-10/h2-6,11-14,16-17,19H,7-9H2,1H3/t11-,12+,13?,14?. The summed E-state index contributed by atoms with van der Waals surface area (Å²) in [6.07, 6.45) is -1.08. The highest BCUT2D eigenvalue weighted by Gasteiger charge is 2.52. The van der Waals surface area contributed by atoms with E-state index in [1.54, 1.807) is 24.1 Å². The van der Waals surface area contributed by atoms with Gasteiger partial charge in [0, 0.05) is 13.1 Å². The van der Waals surface area contributed by atoms with Crippen LogP contribution in [-0.2, 0) is 4.79 Å². The van der Waals surface area contributed by atoms with E-state index in [1.807, 2.05) is 18.2 Å². The number of aliphatic hydroxyl groups is 1. The Morgan fingerprint density at radius 1 is 1.40 bits per heavy atom. The number of benzene rings is 1. The summed E-state index contributed by atoms with van der Waals surface area (Å²) >= 11 is 0. The van der Waals surface area contributed by atoms with Crippen molar-refractivity contribution in [3.05, 3.63) is 35.9 Å². The number of piperidine rings is 1. The summed E-state index contributed by atoms with van der Waals surface area (Å²) in [7, 11) is 1.72. The molecule has 0 radical (unpaired) electrons. The third-order valence-electron chi connectivity index (χ3n) is 4.38. The minimum Gasteiger partial charge on any atom is -0.378 e. The summed E-state index contributed by atoms with van der Waals surface area (Å²) in [6, 6.07) is 9.57. The lowest BCUT2D eigenvalue weighted by Gasteiger charge is -2.22. The van der Waals surface area contributed by atoms with E-state index < -0.39 is 6.10 Å². The van der Waals surface area contributed by atoms with Crippen LogP contribution in [0, 0.1) is 11.8 Å². The van der Waals surface area contributed by atoms with Gasteiger partial charge < -0.3 is 15.3 Å². The van der Waals surface area contributed by atoms with E-state index in [1.165, 1.54) is 0 Å². The number of carbonyl (C=O) groups is 1. The third kappa shape index (κ3) is 2.57. The first-order valence-corrected chi connectivity index (χ1v) is 7.10. The number of rotatable bonds is 5. The molecule has 1 aliphatic heterocycles. The third-order valence-corrected chi connectivity index (χ3v) is 4.38. The van der Waals surface area contributed by atoms with Crippen molar-refractivity contribution in [3.8, 4) is 0 Å². The fourth-order valence-electron chi connectivity index (χ4n) is 3.03. The fourth-order valence-corrected chi connectivity index (χ4v) is 3.03. The number of likely N-dealkylation sites (N-methyl/N-ethyl adjacent to an activating group) is 1. The summed E-state index contributed by atoms with van der Waals surface area (Å²) in [6.45, 7) is 2.64. The van der Waals surface area contributed by atoms with Gasteiger partial charge in [-0.3, -0.25) is 10.1 Å². The normalized spacial score (nSPS) is 28.8. The van der Waals surface area contributed by atoms with Crippen molar-refractivity contribution in [1.82, 2.24) is 15.5 Å². The topological polar surface area (TPSA) is 64.6 Å². The molecule has 3 N–H and O–H groups in total. The Hall–Kier alpha value is -1.43. The van der Waals surface area contributed by atoms with Crippen LogP contribution in [-0.4, -0.2) is 48.8 Å². The molecule has 1 saturated carbocycles. The molecular formula is C15H21N3O2. The number of nitrogens with zero attached hydrogens (tertiary/aromatic N) is 1. The molecule has 108 valence electrons. The molecule has 5 heteroatoms. The van der Waals surface area contributed by atoms with Gasteiger partial charge in [-0.2, -0.15) is 0 Å². The van der Waals surface area contributed by atoms with Crippen molar-refractivity contribution >= 4 is 5.91 Å². The van der Waals surface area contributed by atoms with Gasteiger partial charge in [-0.05, 0) is 30.5 Å². The predicted octanol–water partition coefficient (Wildman–Crippen LogP) is -0.0567. The molecule has 1 amide bonds. The highest BCUT2D eigenvalue weighted by Crippen LogP contribution is 2.41. The number of amides is 1. The minimum absolute atomic E-state index is 0.271. The molecule has 20 heavy (non-hydrogen) atoms. The second-order valence-electron chi connectivity index (χ2n) is 5.72. The zero-order valence-corrected chi connectivity index (χ0v) is 11.6. The van der Waals surface area contributed by atoms with E-state index in [2.05, 4.69) is 10.6 Å². The van der Waals surface area contributed by atoms with Crippen molar-refractivity contribution < 1.29 is 9.90 Å².